The number of carbonyl (C=O) groups is 1. The maximum Gasteiger partial charge on any atom is 0.256 e. The van der Waals surface area contributed by atoms with Gasteiger partial charge in [-0.2, -0.15) is 0 Å². The smallest absolute Gasteiger partial charge is 0.256 e. The summed E-state index contributed by atoms with van der Waals surface area (Å²) < 4.78 is 5.71. The van der Waals surface area contributed by atoms with Crippen molar-refractivity contribution < 1.29 is 9.53 Å². The van der Waals surface area contributed by atoms with Crippen LogP contribution in [0, 0.1) is 6.92 Å². The molecule has 1 heterocycles. The van der Waals surface area contributed by atoms with Gasteiger partial charge in [-0.25, -0.2) is 4.98 Å². The molecule has 0 aliphatic rings. The third kappa shape index (κ3) is 4.58. The molecule has 126 valence electrons. The number of hydrogen-bond donors (Lipinski definition) is 1. The number of anilines is 1. The van der Waals surface area contributed by atoms with Crippen LogP contribution < -0.4 is 10.1 Å². The van der Waals surface area contributed by atoms with Crippen molar-refractivity contribution >= 4 is 23.3 Å². The van der Waals surface area contributed by atoms with Crippen LogP contribution in [0.2, 0.25) is 5.02 Å². The third-order valence-corrected chi connectivity index (χ3v) is 3.97. The Kier molecular flexibility index (Phi) is 5.31. The Morgan fingerprint density at radius 2 is 1.80 bits per heavy atom. The lowest BCUT2D eigenvalue weighted by atomic mass is 10.2. The normalized spacial score (nSPS) is 10.3. The third-order valence-electron chi connectivity index (χ3n) is 3.60. The van der Waals surface area contributed by atoms with Crippen molar-refractivity contribution in [3.05, 3.63) is 88.6 Å². The van der Waals surface area contributed by atoms with E-state index in [1.165, 1.54) is 0 Å². The molecule has 25 heavy (non-hydrogen) atoms. The van der Waals surface area contributed by atoms with E-state index < -0.39 is 0 Å². The van der Waals surface area contributed by atoms with Crippen LogP contribution in [-0.2, 0) is 6.61 Å². The highest BCUT2D eigenvalue weighted by atomic mass is 35.5. The standard InChI is InChI=1S/C20H17ClN2O2/c1-14-5-4-8-19(22-14)23-20(24)15-9-11-17(12-10-15)25-13-16-6-2-3-7-18(16)21/h2-12H,13H2,1H3,(H,22,23,24). The molecule has 0 aliphatic heterocycles. The van der Waals surface area contributed by atoms with E-state index in [1.807, 2.05) is 43.3 Å². The zero-order valence-electron chi connectivity index (χ0n) is 13.7. The van der Waals surface area contributed by atoms with E-state index in [2.05, 4.69) is 10.3 Å². The molecule has 0 spiro atoms. The summed E-state index contributed by atoms with van der Waals surface area (Å²) in [5, 5.41) is 3.45. The van der Waals surface area contributed by atoms with Crippen molar-refractivity contribution in [2.75, 3.05) is 5.32 Å². The number of amides is 1. The van der Waals surface area contributed by atoms with Crippen LogP contribution in [0.1, 0.15) is 21.6 Å². The van der Waals surface area contributed by atoms with Crippen molar-refractivity contribution in [1.82, 2.24) is 4.98 Å². The van der Waals surface area contributed by atoms with E-state index >= 15 is 0 Å². The van der Waals surface area contributed by atoms with Crippen LogP contribution in [-0.4, -0.2) is 10.9 Å². The SMILES string of the molecule is Cc1cccc(NC(=O)c2ccc(OCc3ccccc3Cl)cc2)n1. The molecular weight excluding hydrogens is 336 g/mol. The van der Waals surface area contributed by atoms with Crippen molar-refractivity contribution in [1.29, 1.82) is 0 Å². The molecule has 1 N–H and O–H groups in total. The zero-order valence-corrected chi connectivity index (χ0v) is 14.5. The van der Waals surface area contributed by atoms with Gasteiger partial charge in [0.2, 0.25) is 0 Å². The molecule has 0 radical (unpaired) electrons. The van der Waals surface area contributed by atoms with Crippen molar-refractivity contribution in [3.63, 3.8) is 0 Å². The predicted molar refractivity (Wildman–Crippen MR) is 99.2 cm³/mol. The second-order valence-electron chi connectivity index (χ2n) is 5.52. The van der Waals surface area contributed by atoms with E-state index in [1.54, 1.807) is 30.3 Å². The molecule has 4 nitrogen and oxygen atoms in total. The van der Waals surface area contributed by atoms with E-state index in [-0.39, 0.29) is 5.91 Å². The highest BCUT2D eigenvalue weighted by Crippen LogP contribution is 2.19. The summed E-state index contributed by atoms with van der Waals surface area (Å²) in [6.07, 6.45) is 0. The first-order valence-corrected chi connectivity index (χ1v) is 8.21. The van der Waals surface area contributed by atoms with Crippen molar-refractivity contribution in [3.8, 4) is 5.75 Å². The molecule has 0 saturated carbocycles. The van der Waals surface area contributed by atoms with Crippen molar-refractivity contribution in [2.24, 2.45) is 0 Å². The fourth-order valence-electron chi connectivity index (χ4n) is 2.28. The molecule has 0 atom stereocenters. The highest BCUT2D eigenvalue weighted by molar-refractivity contribution is 6.31. The summed E-state index contributed by atoms with van der Waals surface area (Å²) in [7, 11) is 0. The largest absolute Gasteiger partial charge is 0.489 e. The maximum atomic E-state index is 12.3. The number of halogens is 1. The number of nitrogens with one attached hydrogen (secondary N) is 1. The van der Waals surface area contributed by atoms with Gasteiger partial charge >= 0.3 is 0 Å². The maximum absolute atomic E-state index is 12.3. The number of hydrogen-bond acceptors (Lipinski definition) is 3. The van der Waals surface area contributed by atoms with E-state index in [0.717, 1.165) is 11.3 Å². The quantitative estimate of drug-likeness (QED) is 0.712. The molecule has 0 saturated heterocycles. The summed E-state index contributed by atoms with van der Waals surface area (Å²) in [6.45, 7) is 2.25. The topological polar surface area (TPSA) is 51.2 Å². The average Bonchev–Trinajstić information content (AvgIpc) is 2.61. The Morgan fingerprint density at radius 1 is 1.04 bits per heavy atom. The van der Waals surface area contributed by atoms with Crippen LogP contribution in [0.4, 0.5) is 5.82 Å². The van der Waals surface area contributed by atoms with Gasteiger partial charge in [-0.15, -0.1) is 0 Å². The van der Waals surface area contributed by atoms with E-state index in [0.29, 0.717) is 28.8 Å². The van der Waals surface area contributed by atoms with Gasteiger partial charge in [0.15, 0.2) is 0 Å². The van der Waals surface area contributed by atoms with Crippen molar-refractivity contribution in [2.45, 2.75) is 13.5 Å². The fourth-order valence-corrected chi connectivity index (χ4v) is 2.47. The minimum Gasteiger partial charge on any atom is -0.489 e. The van der Waals surface area contributed by atoms with Crippen LogP contribution >= 0.6 is 11.6 Å². The molecule has 3 rings (SSSR count). The number of rotatable bonds is 5. The Balaban J connectivity index is 1.61. The van der Waals surface area contributed by atoms with E-state index in [9.17, 15) is 4.79 Å². The molecule has 3 aromatic rings. The van der Waals surface area contributed by atoms with E-state index in [4.69, 9.17) is 16.3 Å². The molecular formula is C20H17ClN2O2. The first-order valence-electron chi connectivity index (χ1n) is 7.83. The Morgan fingerprint density at radius 3 is 2.52 bits per heavy atom. The number of carbonyl (C=O) groups excluding carboxylic acids is 1. The molecule has 0 unspecified atom stereocenters. The lowest BCUT2D eigenvalue weighted by Gasteiger charge is -2.09. The van der Waals surface area contributed by atoms with Gasteiger partial charge in [0.05, 0.1) is 0 Å². The Labute approximate surface area is 151 Å². The van der Waals surface area contributed by atoms with Gasteiger partial charge in [0.25, 0.3) is 5.91 Å². The Hall–Kier alpha value is -2.85. The highest BCUT2D eigenvalue weighted by Gasteiger charge is 2.07. The number of benzene rings is 2. The molecule has 5 heteroatoms. The number of ether oxygens (including phenoxy) is 1. The lowest BCUT2D eigenvalue weighted by Crippen LogP contribution is -2.13. The molecule has 1 amide bonds. The molecule has 0 aliphatic carbocycles. The van der Waals surface area contributed by atoms with Gasteiger partial charge < -0.3 is 10.1 Å². The number of aryl methyl sites for hydroxylation is 1. The van der Waals surface area contributed by atoms with Gasteiger partial charge in [0.1, 0.15) is 18.2 Å². The van der Waals surface area contributed by atoms with Gasteiger partial charge in [-0.05, 0) is 49.4 Å². The second-order valence-corrected chi connectivity index (χ2v) is 5.93. The van der Waals surface area contributed by atoms with Crippen LogP contribution in [0.25, 0.3) is 0 Å². The monoisotopic (exact) mass is 352 g/mol. The first-order chi connectivity index (χ1) is 12.1. The molecule has 0 bridgehead atoms. The molecule has 2 aromatic carbocycles. The summed E-state index contributed by atoms with van der Waals surface area (Å²) in [6, 6.07) is 20.0. The predicted octanol–water partition coefficient (Wildman–Crippen LogP) is 4.87. The zero-order chi connectivity index (χ0) is 17.6. The first kappa shape index (κ1) is 17.0. The summed E-state index contributed by atoms with van der Waals surface area (Å²) in [5.74, 6) is 0.991. The summed E-state index contributed by atoms with van der Waals surface area (Å²) in [4.78, 5) is 16.5. The second kappa shape index (κ2) is 7.81. The molecule has 0 fully saturated rings. The average molecular weight is 353 g/mol. The van der Waals surface area contributed by atoms with Crippen LogP contribution in [0.15, 0.2) is 66.7 Å². The minimum atomic E-state index is -0.212. The minimum absolute atomic E-state index is 0.212. The summed E-state index contributed by atoms with van der Waals surface area (Å²) >= 11 is 6.11. The summed E-state index contributed by atoms with van der Waals surface area (Å²) in [5.41, 5.74) is 2.30. The fraction of sp³-hybridized carbons (Fsp3) is 0.100. The van der Waals surface area contributed by atoms with Crippen LogP contribution in [0.5, 0.6) is 5.75 Å². The number of nitrogens with zero attached hydrogens (tertiary/aromatic N) is 1. The van der Waals surface area contributed by atoms with Gasteiger partial charge in [-0.1, -0.05) is 35.9 Å². The Bertz CT molecular complexity index is 879. The van der Waals surface area contributed by atoms with Crippen LogP contribution in [0.3, 0.4) is 0 Å². The molecule has 1 aromatic heterocycles. The number of pyridine rings is 1. The number of aromatic nitrogens is 1. The van der Waals surface area contributed by atoms with Gasteiger partial charge in [-0.3, -0.25) is 4.79 Å². The van der Waals surface area contributed by atoms with Gasteiger partial charge in [0, 0.05) is 21.8 Å². The lowest BCUT2D eigenvalue weighted by molar-refractivity contribution is 0.102.